The predicted octanol–water partition coefficient (Wildman–Crippen LogP) is 2.26. The first-order valence-electron chi connectivity index (χ1n) is 6.11. The van der Waals surface area contributed by atoms with E-state index in [1.54, 1.807) is 0 Å². The molecular formula is C14H21NO. The molecule has 0 aliphatic carbocycles. The van der Waals surface area contributed by atoms with Crippen molar-refractivity contribution in [3.8, 4) is 0 Å². The summed E-state index contributed by atoms with van der Waals surface area (Å²) in [6.45, 7) is 7.21. The molecule has 1 N–H and O–H groups in total. The first kappa shape index (κ1) is 11.6. The summed E-state index contributed by atoms with van der Waals surface area (Å²) in [4.78, 5) is 2.36. The Morgan fingerprint density at radius 1 is 1.38 bits per heavy atom. The van der Waals surface area contributed by atoms with Gasteiger partial charge >= 0.3 is 0 Å². The third-order valence-corrected chi connectivity index (χ3v) is 3.38. The minimum atomic E-state index is -0.126. The maximum Gasteiger partial charge on any atom is 0.0667 e. The molecule has 88 valence electrons. The zero-order valence-electron chi connectivity index (χ0n) is 10.2. The van der Waals surface area contributed by atoms with Gasteiger partial charge in [0.1, 0.15) is 0 Å². The molecule has 0 aromatic heterocycles. The zero-order chi connectivity index (χ0) is 11.5. The molecule has 2 nitrogen and oxygen atoms in total. The lowest BCUT2D eigenvalue weighted by molar-refractivity contribution is 0.0667. The lowest BCUT2D eigenvalue weighted by atomic mass is 10.0. The molecule has 1 aromatic rings. The Kier molecular flexibility index (Phi) is 3.62. The van der Waals surface area contributed by atoms with Gasteiger partial charge < -0.3 is 5.11 Å². The number of aliphatic hydroxyl groups is 1. The third-order valence-electron chi connectivity index (χ3n) is 3.38. The van der Waals surface area contributed by atoms with Crippen LogP contribution in [-0.4, -0.2) is 29.2 Å². The highest BCUT2D eigenvalue weighted by Gasteiger charge is 2.17. The van der Waals surface area contributed by atoms with Gasteiger partial charge in [0.15, 0.2) is 0 Å². The lowest BCUT2D eigenvalue weighted by Gasteiger charge is -2.30. The van der Waals surface area contributed by atoms with E-state index >= 15 is 0 Å². The third kappa shape index (κ3) is 2.83. The van der Waals surface area contributed by atoms with Crippen molar-refractivity contribution in [1.82, 2.24) is 4.90 Å². The van der Waals surface area contributed by atoms with Gasteiger partial charge in [-0.05, 0) is 44.4 Å². The zero-order valence-corrected chi connectivity index (χ0v) is 10.2. The Morgan fingerprint density at radius 2 is 2.19 bits per heavy atom. The second-order valence-corrected chi connectivity index (χ2v) is 4.96. The van der Waals surface area contributed by atoms with Crippen molar-refractivity contribution in [3.05, 3.63) is 34.9 Å². The Hall–Kier alpha value is -0.860. The summed E-state index contributed by atoms with van der Waals surface area (Å²) >= 11 is 0. The number of β-amino-alcohol motifs (C(OH)–C–C–N with tert-alkyl or cyclic N) is 1. The molecule has 1 heterocycles. The van der Waals surface area contributed by atoms with E-state index in [1.807, 2.05) is 0 Å². The van der Waals surface area contributed by atoms with E-state index in [0.29, 0.717) is 0 Å². The molecule has 16 heavy (non-hydrogen) atoms. The number of aryl methyl sites for hydroxylation is 2. The van der Waals surface area contributed by atoms with Crippen LogP contribution in [0.2, 0.25) is 0 Å². The van der Waals surface area contributed by atoms with Gasteiger partial charge in [0.05, 0.1) is 6.10 Å². The van der Waals surface area contributed by atoms with Crippen molar-refractivity contribution < 1.29 is 5.11 Å². The van der Waals surface area contributed by atoms with E-state index in [0.717, 1.165) is 32.5 Å². The van der Waals surface area contributed by atoms with Crippen molar-refractivity contribution in [2.45, 2.75) is 39.3 Å². The quantitative estimate of drug-likeness (QED) is 0.824. The number of hydrogen-bond acceptors (Lipinski definition) is 2. The number of hydrogen-bond donors (Lipinski definition) is 1. The van der Waals surface area contributed by atoms with Crippen LogP contribution in [0.1, 0.15) is 29.5 Å². The van der Waals surface area contributed by atoms with Crippen LogP contribution in [-0.2, 0) is 6.54 Å². The molecule has 1 atom stereocenters. The van der Waals surface area contributed by atoms with Crippen molar-refractivity contribution in [2.75, 3.05) is 13.1 Å². The molecule has 0 amide bonds. The minimum Gasteiger partial charge on any atom is -0.392 e. The Balaban J connectivity index is 2.05. The maximum absolute atomic E-state index is 9.64. The largest absolute Gasteiger partial charge is 0.392 e. The summed E-state index contributed by atoms with van der Waals surface area (Å²) in [6.07, 6.45) is 1.95. The molecule has 2 rings (SSSR count). The van der Waals surface area contributed by atoms with E-state index in [1.165, 1.54) is 16.7 Å². The summed E-state index contributed by atoms with van der Waals surface area (Å²) in [7, 11) is 0. The number of nitrogens with zero attached hydrogens (tertiary/aromatic N) is 1. The van der Waals surface area contributed by atoms with Gasteiger partial charge in [-0.3, -0.25) is 4.90 Å². The van der Waals surface area contributed by atoms with Crippen LogP contribution in [0.4, 0.5) is 0 Å². The smallest absolute Gasteiger partial charge is 0.0667 e. The first-order chi connectivity index (χ1) is 7.65. The highest BCUT2D eigenvalue weighted by Crippen LogP contribution is 2.17. The molecule has 1 saturated heterocycles. The van der Waals surface area contributed by atoms with E-state index < -0.39 is 0 Å². The molecule has 0 saturated carbocycles. The normalized spacial score (nSPS) is 22.3. The Morgan fingerprint density at radius 3 is 2.94 bits per heavy atom. The molecular weight excluding hydrogens is 198 g/mol. The highest BCUT2D eigenvalue weighted by molar-refractivity contribution is 5.30. The maximum atomic E-state index is 9.64. The van der Waals surface area contributed by atoms with Crippen LogP contribution in [0, 0.1) is 13.8 Å². The summed E-state index contributed by atoms with van der Waals surface area (Å²) in [6, 6.07) is 6.60. The summed E-state index contributed by atoms with van der Waals surface area (Å²) in [5.41, 5.74) is 4.07. The van der Waals surface area contributed by atoms with E-state index in [9.17, 15) is 5.11 Å². The average molecular weight is 219 g/mol. The standard InChI is InChI=1S/C14H21NO/c1-11-5-6-12(2)13(8-11)9-15-7-3-4-14(16)10-15/h5-6,8,14,16H,3-4,7,9-10H2,1-2H3. The topological polar surface area (TPSA) is 23.5 Å². The van der Waals surface area contributed by atoms with E-state index in [4.69, 9.17) is 0 Å². The summed E-state index contributed by atoms with van der Waals surface area (Å²) in [5.74, 6) is 0. The predicted molar refractivity (Wildman–Crippen MR) is 66.4 cm³/mol. The molecule has 0 spiro atoms. The van der Waals surface area contributed by atoms with Crippen LogP contribution in [0.5, 0.6) is 0 Å². The second-order valence-electron chi connectivity index (χ2n) is 4.96. The van der Waals surface area contributed by atoms with Crippen LogP contribution < -0.4 is 0 Å². The van der Waals surface area contributed by atoms with Crippen molar-refractivity contribution >= 4 is 0 Å². The fourth-order valence-electron chi connectivity index (χ4n) is 2.39. The Bertz CT molecular complexity index is 362. The lowest BCUT2D eigenvalue weighted by Crippen LogP contribution is -2.37. The Labute approximate surface area is 97.9 Å². The minimum absolute atomic E-state index is 0.126. The molecule has 0 radical (unpaired) electrons. The van der Waals surface area contributed by atoms with Crippen LogP contribution in [0.25, 0.3) is 0 Å². The van der Waals surface area contributed by atoms with Gasteiger partial charge in [0.25, 0.3) is 0 Å². The molecule has 1 aliphatic rings. The van der Waals surface area contributed by atoms with E-state index in [-0.39, 0.29) is 6.10 Å². The highest BCUT2D eigenvalue weighted by atomic mass is 16.3. The second kappa shape index (κ2) is 4.98. The van der Waals surface area contributed by atoms with Gasteiger partial charge in [0, 0.05) is 13.1 Å². The van der Waals surface area contributed by atoms with E-state index in [2.05, 4.69) is 36.9 Å². The van der Waals surface area contributed by atoms with Gasteiger partial charge in [-0.25, -0.2) is 0 Å². The van der Waals surface area contributed by atoms with Crippen molar-refractivity contribution in [1.29, 1.82) is 0 Å². The van der Waals surface area contributed by atoms with Crippen LogP contribution in [0.15, 0.2) is 18.2 Å². The van der Waals surface area contributed by atoms with Gasteiger partial charge in [-0.2, -0.15) is 0 Å². The number of piperidine rings is 1. The molecule has 0 bridgehead atoms. The monoisotopic (exact) mass is 219 g/mol. The number of benzene rings is 1. The fraction of sp³-hybridized carbons (Fsp3) is 0.571. The molecule has 1 unspecified atom stereocenters. The molecule has 1 fully saturated rings. The summed E-state index contributed by atoms with van der Waals surface area (Å²) in [5, 5.41) is 9.64. The number of aliphatic hydroxyl groups excluding tert-OH is 1. The van der Waals surface area contributed by atoms with Crippen LogP contribution in [0.3, 0.4) is 0 Å². The average Bonchev–Trinajstić information content (AvgIpc) is 2.24. The molecule has 1 aromatic carbocycles. The number of likely N-dealkylation sites (tertiary alicyclic amines) is 1. The molecule has 2 heteroatoms. The van der Waals surface area contributed by atoms with Crippen molar-refractivity contribution in [2.24, 2.45) is 0 Å². The molecule has 1 aliphatic heterocycles. The van der Waals surface area contributed by atoms with Crippen LogP contribution >= 0.6 is 0 Å². The summed E-state index contributed by atoms with van der Waals surface area (Å²) < 4.78 is 0. The SMILES string of the molecule is Cc1ccc(C)c(CN2CCCC(O)C2)c1. The van der Waals surface area contributed by atoms with Crippen molar-refractivity contribution in [3.63, 3.8) is 0 Å². The van der Waals surface area contributed by atoms with Gasteiger partial charge in [-0.15, -0.1) is 0 Å². The van der Waals surface area contributed by atoms with Gasteiger partial charge in [-0.1, -0.05) is 23.8 Å². The fourth-order valence-corrected chi connectivity index (χ4v) is 2.39. The number of rotatable bonds is 2. The first-order valence-corrected chi connectivity index (χ1v) is 6.11. The van der Waals surface area contributed by atoms with Gasteiger partial charge in [0.2, 0.25) is 0 Å².